The molecule has 0 heteroatoms. The Hall–Kier alpha value is -1.48. The Labute approximate surface area is 72.9 Å². The van der Waals surface area contributed by atoms with Crippen LogP contribution < -0.4 is 0 Å². The molecule has 0 aromatic heterocycles. The van der Waals surface area contributed by atoms with Gasteiger partial charge in [-0.2, -0.15) is 0 Å². The molecular weight excluding hydrogens is 144 g/mol. The lowest BCUT2D eigenvalue weighted by atomic mass is 9.92. The van der Waals surface area contributed by atoms with Crippen LogP contribution in [-0.2, 0) is 0 Å². The summed E-state index contributed by atoms with van der Waals surface area (Å²) in [5.41, 5.74) is 3.73. The zero-order valence-corrected chi connectivity index (χ0v) is 6.88. The van der Waals surface area contributed by atoms with E-state index in [1.807, 2.05) is 12.1 Å². The first-order valence-electron chi connectivity index (χ1n) is 4.16. The first-order valence-corrected chi connectivity index (χ1v) is 4.16. The summed E-state index contributed by atoms with van der Waals surface area (Å²) in [6.07, 6.45) is 9.97. The van der Waals surface area contributed by atoms with E-state index in [4.69, 9.17) is 6.42 Å². The summed E-state index contributed by atoms with van der Waals surface area (Å²) in [7, 11) is 0. The summed E-state index contributed by atoms with van der Waals surface area (Å²) >= 11 is 0. The summed E-state index contributed by atoms with van der Waals surface area (Å²) < 4.78 is 0. The normalized spacial score (nSPS) is 14.4. The minimum absolute atomic E-state index is 0.957. The Morgan fingerprint density at radius 3 is 2.25 bits per heavy atom. The summed E-state index contributed by atoms with van der Waals surface area (Å²) in [6.45, 7) is 0. The van der Waals surface area contributed by atoms with E-state index in [1.54, 1.807) is 0 Å². The molecule has 58 valence electrons. The summed E-state index contributed by atoms with van der Waals surface area (Å²) in [4.78, 5) is 0. The SMILES string of the molecule is C#Cc1ccc(C2=CCC2)cc1. The van der Waals surface area contributed by atoms with E-state index >= 15 is 0 Å². The molecule has 0 amide bonds. The van der Waals surface area contributed by atoms with Crippen molar-refractivity contribution in [3.63, 3.8) is 0 Å². The molecule has 1 aliphatic carbocycles. The van der Waals surface area contributed by atoms with Crippen molar-refractivity contribution >= 4 is 5.57 Å². The van der Waals surface area contributed by atoms with E-state index in [0.29, 0.717) is 0 Å². The molecule has 12 heavy (non-hydrogen) atoms. The summed E-state index contributed by atoms with van der Waals surface area (Å²) in [5, 5.41) is 0. The molecule has 0 unspecified atom stereocenters. The van der Waals surface area contributed by atoms with Crippen molar-refractivity contribution in [3.05, 3.63) is 41.5 Å². The number of rotatable bonds is 1. The molecule has 0 fully saturated rings. The third-order valence-corrected chi connectivity index (χ3v) is 2.23. The molecular formula is C12H10. The average Bonchev–Trinajstić information content (AvgIpc) is 2.03. The van der Waals surface area contributed by atoms with Crippen LogP contribution in [0.3, 0.4) is 0 Å². The molecule has 0 heterocycles. The molecule has 1 aliphatic rings. The zero-order valence-electron chi connectivity index (χ0n) is 6.88. The van der Waals surface area contributed by atoms with Gasteiger partial charge in [0.05, 0.1) is 0 Å². The van der Waals surface area contributed by atoms with E-state index in [9.17, 15) is 0 Å². The maximum atomic E-state index is 5.26. The maximum Gasteiger partial charge on any atom is 0.0243 e. The molecule has 0 aliphatic heterocycles. The fraction of sp³-hybridized carbons (Fsp3) is 0.167. The van der Waals surface area contributed by atoms with Gasteiger partial charge in [-0.15, -0.1) is 6.42 Å². The fourth-order valence-corrected chi connectivity index (χ4v) is 1.33. The second kappa shape index (κ2) is 2.87. The minimum Gasteiger partial charge on any atom is -0.115 e. The number of terminal acetylenes is 1. The van der Waals surface area contributed by atoms with E-state index in [2.05, 4.69) is 24.1 Å². The van der Waals surface area contributed by atoms with E-state index < -0.39 is 0 Å². The molecule has 0 atom stereocenters. The molecule has 0 saturated heterocycles. The van der Waals surface area contributed by atoms with E-state index in [1.165, 1.54) is 24.0 Å². The van der Waals surface area contributed by atoms with Crippen LogP contribution in [0.4, 0.5) is 0 Å². The van der Waals surface area contributed by atoms with Gasteiger partial charge in [0.25, 0.3) is 0 Å². The van der Waals surface area contributed by atoms with Crippen LogP contribution in [0, 0.1) is 12.3 Å². The number of benzene rings is 1. The van der Waals surface area contributed by atoms with Crippen LogP contribution in [0.1, 0.15) is 24.0 Å². The minimum atomic E-state index is 0.957. The van der Waals surface area contributed by atoms with Gasteiger partial charge in [0.15, 0.2) is 0 Å². The van der Waals surface area contributed by atoms with Gasteiger partial charge >= 0.3 is 0 Å². The highest BCUT2D eigenvalue weighted by Crippen LogP contribution is 2.28. The molecule has 1 aromatic rings. The van der Waals surface area contributed by atoms with Crippen molar-refractivity contribution in [3.8, 4) is 12.3 Å². The number of hydrogen-bond donors (Lipinski definition) is 0. The second-order valence-corrected chi connectivity index (χ2v) is 2.99. The van der Waals surface area contributed by atoms with Crippen molar-refractivity contribution in [1.82, 2.24) is 0 Å². The predicted octanol–water partition coefficient (Wildman–Crippen LogP) is 2.85. The Morgan fingerprint density at radius 1 is 1.17 bits per heavy atom. The zero-order chi connectivity index (χ0) is 8.39. The van der Waals surface area contributed by atoms with Crippen molar-refractivity contribution in [1.29, 1.82) is 0 Å². The largest absolute Gasteiger partial charge is 0.115 e. The molecule has 0 bridgehead atoms. The van der Waals surface area contributed by atoms with Gasteiger partial charge in [0.2, 0.25) is 0 Å². The highest BCUT2D eigenvalue weighted by molar-refractivity contribution is 5.70. The van der Waals surface area contributed by atoms with Gasteiger partial charge in [-0.05, 0) is 36.1 Å². The van der Waals surface area contributed by atoms with Gasteiger partial charge in [-0.25, -0.2) is 0 Å². The fourth-order valence-electron chi connectivity index (χ4n) is 1.33. The van der Waals surface area contributed by atoms with Crippen LogP contribution >= 0.6 is 0 Å². The highest BCUT2D eigenvalue weighted by Gasteiger charge is 2.06. The lowest BCUT2D eigenvalue weighted by Crippen LogP contribution is -1.92. The quantitative estimate of drug-likeness (QED) is 0.545. The number of hydrogen-bond acceptors (Lipinski definition) is 0. The van der Waals surface area contributed by atoms with Crippen molar-refractivity contribution in [2.75, 3.05) is 0 Å². The Bertz CT molecular complexity index is 347. The smallest absolute Gasteiger partial charge is 0.0243 e. The highest BCUT2D eigenvalue weighted by atomic mass is 14.1. The van der Waals surface area contributed by atoms with Gasteiger partial charge in [0.1, 0.15) is 0 Å². The van der Waals surface area contributed by atoms with Crippen LogP contribution in [0.2, 0.25) is 0 Å². The molecule has 0 N–H and O–H groups in total. The van der Waals surface area contributed by atoms with Crippen LogP contribution in [0.15, 0.2) is 30.3 Å². The Balaban J connectivity index is 2.32. The summed E-state index contributed by atoms with van der Waals surface area (Å²) in [5.74, 6) is 2.61. The molecule has 0 radical (unpaired) electrons. The average molecular weight is 154 g/mol. The van der Waals surface area contributed by atoms with Crippen LogP contribution in [0.25, 0.3) is 5.57 Å². The van der Waals surface area contributed by atoms with E-state index in [0.717, 1.165) is 5.56 Å². The van der Waals surface area contributed by atoms with Gasteiger partial charge in [-0.3, -0.25) is 0 Å². The van der Waals surface area contributed by atoms with Crippen LogP contribution in [0.5, 0.6) is 0 Å². The first-order chi connectivity index (χ1) is 5.90. The standard InChI is InChI=1S/C12H10/c1-2-10-6-8-12(9-7-10)11-4-3-5-11/h1,4,6-9H,3,5H2. The van der Waals surface area contributed by atoms with Crippen molar-refractivity contribution in [2.24, 2.45) is 0 Å². The first kappa shape index (κ1) is 7.18. The Kier molecular flexibility index (Phi) is 1.72. The summed E-state index contributed by atoms with van der Waals surface area (Å²) in [6, 6.07) is 8.18. The molecule has 0 nitrogen and oxygen atoms in total. The maximum absolute atomic E-state index is 5.26. The molecule has 2 rings (SSSR count). The topological polar surface area (TPSA) is 0 Å². The van der Waals surface area contributed by atoms with Gasteiger partial charge in [-0.1, -0.05) is 24.1 Å². The molecule has 1 aromatic carbocycles. The second-order valence-electron chi connectivity index (χ2n) is 2.99. The number of allylic oxidation sites excluding steroid dienone is 2. The monoisotopic (exact) mass is 154 g/mol. The molecule has 0 spiro atoms. The van der Waals surface area contributed by atoms with E-state index in [-0.39, 0.29) is 0 Å². The lowest BCUT2D eigenvalue weighted by Gasteiger charge is -2.14. The van der Waals surface area contributed by atoms with Gasteiger partial charge in [0, 0.05) is 5.56 Å². The van der Waals surface area contributed by atoms with Crippen molar-refractivity contribution in [2.45, 2.75) is 12.8 Å². The Morgan fingerprint density at radius 2 is 1.83 bits per heavy atom. The predicted molar refractivity (Wildman–Crippen MR) is 51.6 cm³/mol. The van der Waals surface area contributed by atoms with Crippen LogP contribution in [-0.4, -0.2) is 0 Å². The lowest BCUT2D eigenvalue weighted by molar-refractivity contribution is 0.988. The third kappa shape index (κ3) is 1.14. The van der Waals surface area contributed by atoms with Gasteiger partial charge < -0.3 is 0 Å². The van der Waals surface area contributed by atoms with Crippen molar-refractivity contribution < 1.29 is 0 Å². The third-order valence-electron chi connectivity index (χ3n) is 2.23. The molecule has 0 saturated carbocycles.